The molecule has 0 unspecified atom stereocenters. The monoisotopic (exact) mass is 127 g/mol. The summed E-state index contributed by atoms with van der Waals surface area (Å²) >= 11 is 0. The van der Waals surface area contributed by atoms with Crippen molar-refractivity contribution in [2.75, 3.05) is 0 Å². The Morgan fingerprint density at radius 1 is 0.875 bits per heavy atom. The van der Waals surface area contributed by atoms with E-state index in [0.29, 0.717) is 5.54 Å². The third-order valence-corrected chi connectivity index (χ3v) is 2.77. The normalized spacial score (nSPS) is 12.0. The molecule has 0 aliphatic rings. The van der Waals surface area contributed by atoms with E-state index >= 15 is 0 Å². The highest BCUT2D eigenvalue weighted by molar-refractivity contribution is 6.11. The molecule has 3 radical (unpaired) electrons. The Hall–Kier alpha value is 0.217. The second-order valence-electron chi connectivity index (χ2n) is 3.01. The van der Waals surface area contributed by atoms with Crippen LogP contribution >= 0.6 is 0 Å². The molecule has 1 heteroatoms. The molecule has 8 heavy (non-hydrogen) atoms. The van der Waals surface area contributed by atoms with Crippen molar-refractivity contribution in [1.82, 2.24) is 0 Å². The molecule has 0 fully saturated rings. The Labute approximate surface area is 56.1 Å². The molecule has 0 saturated heterocycles. The summed E-state index contributed by atoms with van der Waals surface area (Å²) in [5.41, 5.74) is 0.676. The van der Waals surface area contributed by atoms with Crippen molar-refractivity contribution in [2.45, 2.75) is 33.2 Å². The zero-order valence-electron chi connectivity index (χ0n) is 6.23. The quantitative estimate of drug-likeness (QED) is 0.499. The smallest absolute Gasteiger partial charge is 0.0273 e. The van der Waals surface area contributed by atoms with Gasteiger partial charge in [-0.3, -0.25) is 0 Å². The molecular weight excluding hydrogens is 112 g/mol. The van der Waals surface area contributed by atoms with Crippen LogP contribution in [0.1, 0.15) is 27.7 Å². The van der Waals surface area contributed by atoms with Crippen LogP contribution in [0.2, 0.25) is 5.54 Å². The lowest BCUT2D eigenvalue weighted by molar-refractivity contribution is 0.469. The molecule has 0 rings (SSSR count). The van der Waals surface area contributed by atoms with Crippen LogP contribution < -0.4 is 0 Å². The highest BCUT2D eigenvalue weighted by Gasteiger charge is 2.09. The third kappa shape index (κ3) is 2.51. The molecule has 0 amide bonds. The third-order valence-electron chi connectivity index (χ3n) is 1.44. The lowest BCUT2D eigenvalue weighted by atomic mass is 10.00. The van der Waals surface area contributed by atoms with E-state index in [9.17, 15) is 0 Å². The van der Waals surface area contributed by atoms with Crippen LogP contribution in [0, 0.1) is 11.8 Å². The van der Waals surface area contributed by atoms with Gasteiger partial charge in [0, 0.05) is 10.2 Å². The molecule has 0 N–H and O–H groups in total. The first-order valence-electron chi connectivity index (χ1n) is 3.26. The molecular formula is C7H15Si. The van der Waals surface area contributed by atoms with E-state index in [0.717, 1.165) is 11.8 Å². The molecule has 0 aromatic carbocycles. The van der Waals surface area contributed by atoms with Crippen molar-refractivity contribution in [3.63, 3.8) is 0 Å². The molecule has 0 saturated carbocycles. The molecule has 0 spiro atoms. The predicted octanol–water partition coefficient (Wildman–Crippen LogP) is 2.26. The molecule has 0 aliphatic carbocycles. The molecule has 0 aromatic rings. The van der Waals surface area contributed by atoms with E-state index in [1.807, 2.05) is 0 Å². The number of rotatable bonds is 2. The first-order valence-corrected chi connectivity index (χ1v) is 3.84. The van der Waals surface area contributed by atoms with Gasteiger partial charge in [-0.15, -0.1) is 0 Å². The standard InChI is InChI=1S/C7H15Si/c1-5(2)7(8)6(3)4/h5-7H,1-4H3. The first-order chi connectivity index (χ1) is 3.55. The van der Waals surface area contributed by atoms with E-state index in [4.69, 9.17) is 0 Å². The average molecular weight is 127 g/mol. The van der Waals surface area contributed by atoms with Gasteiger partial charge in [0.1, 0.15) is 0 Å². The summed E-state index contributed by atoms with van der Waals surface area (Å²) in [6, 6.07) is 0. The first kappa shape index (κ1) is 8.22. The fraction of sp³-hybridized carbons (Fsp3) is 1.00. The van der Waals surface area contributed by atoms with Gasteiger partial charge < -0.3 is 0 Å². The molecule has 0 nitrogen and oxygen atoms in total. The minimum atomic E-state index is 0.676. The fourth-order valence-corrected chi connectivity index (χ4v) is 0.770. The van der Waals surface area contributed by atoms with Crippen LogP contribution in [0.4, 0.5) is 0 Å². The van der Waals surface area contributed by atoms with Crippen molar-refractivity contribution in [3.05, 3.63) is 0 Å². The molecule has 0 atom stereocenters. The Kier molecular flexibility index (Phi) is 3.37. The average Bonchev–Trinajstić information content (AvgIpc) is 1.64. The van der Waals surface area contributed by atoms with Gasteiger partial charge >= 0.3 is 0 Å². The van der Waals surface area contributed by atoms with Gasteiger partial charge in [-0.2, -0.15) is 0 Å². The van der Waals surface area contributed by atoms with Crippen molar-refractivity contribution in [1.29, 1.82) is 0 Å². The predicted molar refractivity (Wildman–Crippen MR) is 39.2 cm³/mol. The Morgan fingerprint density at radius 3 is 1.12 bits per heavy atom. The van der Waals surface area contributed by atoms with E-state index < -0.39 is 0 Å². The SMILES string of the molecule is CC(C)C([Si])C(C)C. The van der Waals surface area contributed by atoms with E-state index in [1.165, 1.54) is 0 Å². The van der Waals surface area contributed by atoms with Gasteiger partial charge in [-0.25, -0.2) is 0 Å². The maximum atomic E-state index is 3.65. The second kappa shape index (κ2) is 3.28. The summed E-state index contributed by atoms with van der Waals surface area (Å²) in [6.45, 7) is 8.94. The maximum Gasteiger partial charge on any atom is 0.0273 e. The van der Waals surface area contributed by atoms with E-state index in [-0.39, 0.29) is 0 Å². The fourth-order valence-electron chi connectivity index (χ4n) is 0.770. The Balaban J connectivity index is 3.46. The van der Waals surface area contributed by atoms with Crippen molar-refractivity contribution >= 4 is 10.2 Å². The van der Waals surface area contributed by atoms with Gasteiger partial charge in [0.05, 0.1) is 0 Å². The Bertz CT molecular complexity index is 49.4. The van der Waals surface area contributed by atoms with Crippen LogP contribution in [-0.4, -0.2) is 10.2 Å². The largest absolute Gasteiger partial charge is 0.0628 e. The summed E-state index contributed by atoms with van der Waals surface area (Å²) in [4.78, 5) is 0. The van der Waals surface area contributed by atoms with E-state index in [2.05, 4.69) is 37.9 Å². The summed E-state index contributed by atoms with van der Waals surface area (Å²) in [5.74, 6) is 1.51. The van der Waals surface area contributed by atoms with Gasteiger partial charge in [-0.05, 0) is 17.4 Å². The minimum Gasteiger partial charge on any atom is -0.0628 e. The summed E-state index contributed by atoms with van der Waals surface area (Å²) in [6.07, 6.45) is 0. The van der Waals surface area contributed by atoms with Crippen molar-refractivity contribution in [3.8, 4) is 0 Å². The highest BCUT2D eigenvalue weighted by Crippen LogP contribution is 2.21. The van der Waals surface area contributed by atoms with Gasteiger partial charge in [-0.1, -0.05) is 27.7 Å². The maximum absolute atomic E-state index is 3.65. The van der Waals surface area contributed by atoms with Crippen LogP contribution in [0.25, 0.3) is 0 Å². The topological polar surface area (TPSA) is 0 Å². The van der Waals surface area contributed by atoms with Crippen LogP contribution in [-0.2, 0) is 0 Å². The van der Waals surface area contributed by atoms with Gasteiger partial charge in [0.15, 0.2) is 0 Å². The summed E-state index contributed by atoms with van der Waals surface area (Å²) < 4.78 is 0. The molecule has 0 heterocycles. The molecule has 47 valence electrons. The summed E-state index contributed by atoms with van der Waals surface area (Å²) in [7, 11) is 3.65. The Morgan fingerprint density at radius 2 is 1.12 bits per heavy atom. The van der Waals surface area contributed by atoms with Gasteiger partial charge in [0.2, 0.25) is 0 Å². The molecule has 0 aliphatic heterocycles. The number of hydrogen-bond acceptors (Lipinski definition) is 0. The lowest BCUT2D eigenvalue weighted by Crippen LogP contribution is -2.08. The van der Waals surface area contributed by atoms with Crippen molar-refractivity contribution < 1.29 is 0 Å². The van der Waals surface area contributed by atoms with Crippen LogP contribution in [0.3, 0.4) is 0 Å². The van der Waals surface area contributed by atoms with Crippen LogP contribution in [0.15, 0.2) is 0 Å². The van der Waals surface area contributed by atoms with Crippen molar-refractivity contribution in [2.24, 2.45) is 11.8 Å². The lowest BCUT2D eigenvalue weighted by Gasteiger charge is -2.18. The van der Waals surface area contributed by atoms with E-state index in [1.54, 1.807) is 0 Å². The summed E-state index contributed by atoms with van der Waals surface area (Å²) in [5, 5.41) is 0. The molecule has 0 bridgehead atoms. The molecule has 0 aromatic heterocycles. The zero-order chi connectivity index (χ0) is 6.73. The highest BCUT2D eigenvalue weighted by atomic mass is 28.1. The van der Waals surface area contributed by atoms with Gasteiger partial charge in [0.25, 0.3) is 0 Å². The van der Waals surface area contributed by atoms with Crippen LogP contribution in [0.5, 0.6) is 0 Å². The number of hydrogen-bond donors (Lipinski definition) is 0. The zero-order valence-corrected chi connectivity index (χ0v) is 7.23. The minimum absolute atomic E-state index is 0.676. The second-order valence-corrected chi connectivity index (χ2v) is 3.68.